The first-order valence-electron chi connectivity index (χ1n) is 14.0. The summed E-state index contributed by atoms with van der Waals surface area (Å²) in [6.07, 6.45) is -4.84. The van der Waals surface area contributed by atoms with Gasteiger partial charge in [0.1, 0.15) is 11.6 Å². The lowest BCUT2D eigenvalue weighted by molar-refractivity contribution is -0.143. The molecular weight excluding hydrogens is 560 g/mol. The molecule has 1 aromatic heterocycles. The average Bonchev–Trinajstić information content (AvgIpc) is 3.84. The van der Waals surface area contributed by atoms with Crippen LogP contribution in [0.25, 0.3) is 10.9 Å². The molecule has 2 N–H and O–H groups in total. The van der Waals surface area contributed by atoms with E-state index in [2.05, 4.69) is 10.6 Å². The summed E-state index contributed by atoms with van der Waals surface area (Å²) in [4.78, 5) is 24.4. The lowest BCUT2D eigenvalue weighted by Crippen LogP contribution is -2.33. The molecular formula is C30H31F6N5O. The fourth-order valence-corrected chi connectivity index (χ4v) is 6.53. The number of benzene rings is 2. The van der Waals surface area contributed by atoms with Crippen LogP contribution in [0.3, 0.4) is 0 Å². The molecule has 2 saturated carbocycles. The molecule has 3 atom stereocenters. The summed E-state index contributed by atoms with van der Waals surface area (Å²) in [6.45, 7) is 0. The summed E-state index contributed by atoms with van der Waals surface area (Å²) < 4.78 is 79.6. The van der Waals surface area contributed by atoms with Gasteiger partial charge in [-0.1, -0.05) is 12.1 Å². The van der Waals surface area contributed by atoms with Crippen molar-refractivity contribution in [2.24, 2.45) is 11.3 Å². The number of para-hydroxylation sites is 1. The van der Waals surface area contributed by atoms with Crippen LogP contribution >= 0.6 is 0 Å². The van der Waals surface area contributed by atoms with E-state index in [0.717, 1.165) is 54.6 Å². The number of alkyl halides is 6. The minimum absolute atomic E-state index is 0.00619. The number of rotatable bonds is 6. The minimum Gasteiger partial charge on any atom is -0.362 e. The Bertz CT molecular complexity index is 1510. The summed E-state index contributed by atoms with van der Waals surface area (Å²) in [7, 11) is 3.92. The van der Waals surface area contributed by atoms with Crippen LogP contribution in [0.2, 0.25) is 0 Å². The van der Waals surface area contributed by atoms with E-state index in [-0.39, 0.29) is 29.6 Å². The summed E-state index contributed by atoms with van der Waals surface area (Å²) in [5.41, 5.74) is -3.06. The van der Waals surface area contributed by atoms with E-state index in [1.54, 1.807) is 0 Å². The van der Waals surface area contributed by atoms with E-state index < -0.39 is 35.0 Å². The molecule has 1 amide bonds. The van der Waals surface area contributed by atoms with Crippen LogP contribution in [0.15, 0.2) is 42.5 Å². The number of hydrogen-bond donors (Lipinski definition) is 2. The number of carbonyl (C=O) groups excluding carboxylic acids is 1. The monoisotopic (exact) mass is 591 g/mol. The number of halogens is 6. The number of nitrogens with one attached hydrogen (secondary N) is 2. The van der Waals surface area contributed by atoms with Gasteiger partial charge < -0.3 is 15.5 Å². The van der Waals surface area contributed by atoms with Crippen molar-refractivity contribution in [1.82, 2.24) is 20.6 Å². The van der Waals surface area contributed by atoms with Crippen molar-refractivity contribution in [3.05, 3.63) is 65.0 Å². The molecule has 6 rings (SSSR count). The maximum Gasteiger partial charge on any atom is 0.417 e. The van der Waals surface area contributed by atoms with Gasteiger partial charge in [-0.15, -0.1) is 0 Å². The third kappa shape index (κ3) is 5.52. The summed E-state index contributed by atoms with van der Waals surface area (Å²) in [6, 6.07) is 9.14. The van der Waals surface area contributed by atoms with Crippen LogP contribution in [0.1, 0.15) is 71.9 Å². The Hall–Kier alpha value is -3.41. The second-order valence-corrected chi connectivity index (χ2v) is 12.1. The van der Waals surface area contributed by atoms with Gasteiger partial charge in [0, 0.05) is 31.6 Å². The first kappa shape index (κ1) is 28.7. The lowest BCUT2D eigenvalue weighted by Gasteiger charge is -2.29. The number of hydrogen-bond acceptors (Lipinski definition) is 5. The highest BCUT2D eigenvalue weighted by Gasteiger charge is 2.56. The Balaban J connectivity index is 1.05. The van der Waals surface area contributed by atoms with Crippen LogP contribution in [0.4, 0.5) is 32.2 Å². The molecule has 1 spiro atoms. The molecule has 1 saturated heterocycles. The second kappa shape index (κ2) is 10.1. The smallest absolute Gasteiger partial charge is 0.362 e. The molecule has 3 aliphatic rings. The van der Waals surface area contributed by atoms with Gasteiger partial charge in [-0.05, 0) is 80.2 Å². The first-order valence-corrected chi connectivity index (χ1v) is 14.0. The molecule has 42 heavy (non-hydrogen) atoms. The van der Waals surface area contributed by atoms with Crippen LogP contribution in [-0.4, -0.2) is 42.1 Å². The zero-order valence-corrected chi connectivity index (χ0v) is 23.1. The predicted molar refractivity (Wildman–Crippen MR) is 145 cm³/mol. The molecule has 3 unspecified atom stereocenters. The van der Waals surface area contributed by atoms with Gasteiger partial charge in [0.25, 0.3) is 5.91 Å². The molecule has 2 aliphatic carbocycles. The van der Waals surface area contributed by atoms with Crippen molar-refractivity contribution in [3.63, 3.8) is 0 Å². The molecule has 2 aromatic carbocycles. The Morgan fingerprint density at radius 1 is 1.02 bits per heavy atom. The van der Waals surface area contributed by atoms with Gasteiger partial charge in [0.15, 0.2) is 0 Å². The fraction of sp³-hybridized carbons (Fsp3) is 0.500. The zero-order chi connectivity index (χ0) is 30.0. The van der Waals surface area contributed by atoms with E-state index >= 15 is 0 Å². The van der Waals surface area contributed by atoms with E-state index in [1.807, 2.05) is 43.3 Å². The topological polar surface area (TPSA) is 80.1 Å². The van der Waals surface area contributed by atoms with Crippen LogP contribution in [0, 0.1) is 11.3 Å². The molecule has 2 heterocycles. The highest BCUT2D eigenvalue weighted by atomic mass is 19.4. The molecule has 6 nitrogen and oxygen atoms in total. The number of fused-ring (bicyclic) bond motifs is 1. The van der Waals surface area contributed by atoms with Crippen molar-refractivity contribution >= 4 is 22.6 Å². The number of nitrogens with zero attached hydrogens (tertiary/aromatic N) is 3. The Labute approximate surface area is 238 Å². The van der Waals surface area contributed by atoms with Gasteiger partial charge in [0.05, 0.1) is 28.2 Å². The van der Waals surface area contributed by atoms with Crippen LogP contribution in [0.5, 0.6) is 0 Å². The second-order valence-electron chi connectivity index (χ2n) is 12.1. The maximum absolute atomic E-state index is 13.5. The normalized spacial score (nSPS) is 27.2. The molecule has 224 valence electrons. The number of carbonyl (C=O) groups is 1. The maximum atomic E-state index is 13.5. The highest BCUT2D eigenvalue weighted by molar-refractivity contribution is 5.96. The van der Waals surface area contributed by atoms with Crippen molar-refractivity contribution in [1.29, 1.82) is 0 Å². The van der Waals surface area contributed by atoms with Gasteiger partial charge in [-0.2, -0.15) is 26.3 Å². The molecule has 12 heteroatoms. The standard InChI is InChI=1S/C30H31F6N5O/c1-41(2)26-19-5-3-4-6-21(19)38-25(40-26)24-22(37-24)13-16-9-11-28(12-10-16)15-23(28)39-27(42)18-8-7-17(29(31,32)33)14-20(18)30(34,35)36/h3-8,14,16,22-24,37H,9-13,15H2,1-2H3,(H,39,42). The molecule has 3 fully saturated rings. The van der Waals surface area contributed by atoms with E-state index in [9.17, 15) is 31.1 Å². The van der Waals surface area contributed by atoms with Crippen molar-refractivity contribution in [2.45, 2.75) is 69.0 Å². The van der Waals surface area contributed by atoms with E-state index in [4.69, 9.17) is 9.97 Å². The summed E-state index contributed by atoms with van der Waals surface area (Å²) >= 11 is 0. The lowest BCUT2D eigenvalue weighted by atomic mass is 9.77. The van der Waals surface area contributed by atoms with Crippen molar-refractivity contribution in [3.8, 4) is 0 Å². The van der Waals surface area contributed by atoms with Gasteiger partial charge >= 0.3 is 12.4 Å². The zero-order valence-electron chi connectivity index (χ0n) is 23.1. The average molecular weight is 592 g/mol. The van der Waals surface area contributed by atoms with Crippen LogP contribution in [-0.2, 0) is 12.4 Å². The van der Waals surface area contributed by atoms with E-state index in [1.165, 1.54) is 0 Å². The van der Waals surface area contributed by atoms with E-state index in [0.29, 0.717) is 24.5 Å². The highest BCUT2D eigenvalue weighted by Crippen LogP contribution is 2.58. The molecule has 3 aromatic rings. The Morgan fingerprint density at radius 3 is 2.40 bits per heavy atom. The molecule has 1 aliphatic heterocycles. The predicted octanol–water partition coefficient (Wildman–Crippen LogP) is 6.52. The van der Waals surface area contributed by atoms with Crippen molar-refractivity contribution < 1.29 is 31.1 Å². The van der Waals surface area contributed by atoms with Gasteiger partial charge in [-0.3, -0.25) is 4.79 Å². The van der Waals surface area contributed by atoms with Gasteiger partial charge in [-0.25, -0.2) is 9.97 Å². The Morgan fingerprint density at radius 2 is 1.74 bits per heavy atom. The molecule has 0 radical (unpaired) electrons. The minimum atomic E-state index is -5.09. The first-order chi connectivity index (χ1) is 19.7. The fourth-order valence-electron chi connectivity index (χ4n) is 6.53. The van der Waals surface area contributed by atoms with Crippen molar-refractivity contribution in [2.75, 3.05) is 19.0 Å². The number of aromatic nitrogens is 2. The van der Waals surface area contributed by atoms with Crippen LogP contribution < -0.4 is 15.5 Å². The summed E-state index contributed by atoms with van der Waals surface area (Å²) in [5.74, 6) is 1.14. The quantitative estimate of drug-likeness (QED) is 0.252. The number of anilines is 1. The largest absolute Gasteiger partial charge is 0.417 e. The summed E-state index contributed by atoms with van der Waals surface area (Å²) in [5, 5.41) is 7.19. The SMILES string of the molecule is CN(C)c1nc(C2NC2CC2CCC3(CC2)CC3NC(=O)c2ccc(C(F)(F)F)cc2C(F)(F)F)nc2ccccc12. The Kier molecular flexibility index (Phi) is 6.90. The number of amides is 1. The molecule has 0 bridgehead atoms. The third-order valence-corrected chi connectivity index (χ3v) is 9.07. The van der Waals surface area contributed by atoms with Gasteiger partial charge in [0.2, 0.25) is 0 Å². The third-order valence-electron chi connectivity index (χ3n) is 9.07.